The zero-order chi connectivity index (χ0) is 13.8. The fourth-order valence-electron chi connectivity index (χ4n) is 2.08. The maximum atomic E-state index is 11.9. The summed E-state index contributed by atoms with van der Waals surface area (Å²) in [6.45, 7) is 8.03. The Morgan fingerprint density at radius 3 is 2.42 bits per heavy atom. The molecule has 1 aliphatic heterocycles. The Labute approximate surface area is 113 Å². The first-order valence-corrected chi connectivity index (χ1v) is 6.74. The van der Waals surface area contributed by atoms with E-state index in [0.717, 1.165) is 18.3 Å². The second-order valence-electron chi connectivity index (χ2n) is 6.42. The fraction of sp³-hybridized carbons (Fsp3) is 0.692. The Hall–Kier alpha value is -1.14. The minimum absolute atomic E-state index is 0.0720. The molecule has 0 radical (unpaired) electrons. The molecule has 102 valence electrons. The van der Waals surface area contributed by atoms with Gasteiger partial charge in [0.25, 0.3) is 0 Å². The molecule has 0 aromatic carbocycles. The quantitative estimate of drug-likeness (QED) is 0.752. The van der Waals surface area contributed by atoms with E-state index in [2.05, 4.69) is 5.10 Å². The van der Waals surface area contributed by atoms with E-state index in [0.29, 0.717) is 0 Å². The molecule has 0 bridgehead atoms. The van der Waals surface area contributed by atoms with Crippen LogP contribution in [0.4, 0.5) is 0 Å². The van der Waals surface area contributed by atoms with E-state index in [4.69, 9.17) is 9.31 Å². The summed E-state index contributed by atoms with van der Waals surface area (Å²) in [5.74, 6) is 0.230. The summed E-state index contributed by atoms with van der Waals surface area (Å²) in [5.41, 5.74) is 0.0493. The first kappa shape index (κ1) is 12.9. The zero-order valence-corrected chi connectivity index (χ0v) is 11.8. The SMILES string of the molecule is CC1(C)OB(c2cnn(C(=O)C3CC3)c2)OC1(C)C. The van der Waals surface area contributed by atoms with Crippen molar-refractivity contribution in [2.75, 3.05) is 0 Å². The van der Waals surface area contributed by atoms with Gasteiger partial charge in [0.05, 0.1) is 11.2 Å². The Morgan fingerprint density at radius 2 is 1.89 bits per heavy atom. The number of carbonyl (C=O) groups is 1. The molecule has 0 N–H and O–H groups in total. The van der Waals surface area contributed by atoms with Crippen molar-refractivity contribution in [2.45, 2.75) is 51.7 Å². The van der Waals surface area contributed by atoms with Crippen molar-refractivity contribution in [1.29, 1.82) is 0 Å². The Morgan fingerprint density at radius 1 is 1.32 bits per heavy atom. The van der Waals surface area contributed by atoms with E-state index in [1.807, 2.05) is 27.7 Å². The third-order valence-electron chi connectivity index (χ3n) is 4.28. The van der Waals surface area contributed by atoms with Gasteiger partial charge < -0.3 is 9.31 Å². The number of aromatic nitrogens is 2. The van der Waals surface area contributed by atoms with Crippen molar-refractivity contribution in [2.24, 2.45) is 5.92 Å². The normalized spacial score (nSPS) is 24.7. The molecule has 1 aromatic heterocycles. The second kappa shape index (κ2) is 3.93. The summed E-state index contributed by atoms with van der Waals surface area (Å²) in [6, 6.07) is 0. The first-order valence-electron chi connectivity index (χ1n) is 6.74. The Kier molecular flexibility index (Phi) is 2.66. The van der Waals surface area contributed by atoms with Crippen LogP contribution in [0.15, 0.2) is 12.4 Å². The lowest BCUT2D eigenvalue weighted by molar-refractivity contribution is 0.00578. The summed E-state index contributed by atoms with van der Waals surface area (Å²) < 4.78 is 13.3. The van der Waals surface area contributed by atoms with Gasteiger partial charge in [-0.05, 0) is 40.5 Å². The van der Waals surface area contributed by atoms with Gasteiger partial charge in [-0.25, -0.2) is 4.68 Å². The van der Waals surface area contributed by atoms with Gasteiger partial charge in [0.1, 0.15) is 0 Å². The van der Waals surface area contributed by atoms with Crippen molar-refractivity contribution in [3.63, 3.8) is 0 Å². The van der Waals surface area contributed by atoms with Crippen LogP contribution in [-0.2, 0) is 9.31 Å². The average Bonchev–Trinajstić information content (AvgIpc) is 2.98. The third-order valence-corrected chi connectivity index (χ3v) is 4.28. The topological polar surface area (TPSA) is 53.4 Å². The van der Waals surface area contributed by atoms with Crippen molar-refractivity contribution < 1.29 is 14.1 Å². The molecule has 2 aliphatic rings. The molecule has 0 unspecified atom stereocenters. The first-order chi connectivity index (χ1) is 8.80. The summed E-state index contributed by atoms with van der Waals surface area (Å²) in [6.07, 6.45) is 5.33. The number of hydrogen-bond donors (Lipinski definition) is 0. The lowest BCUT2D eigenvalue weighted by atomic mass is 9.82. The van der Waals surface area contributed by atoms with E-state index >= 15 is 0 Å². The van der Waals surface area contributed by atoms with Crippen LogP contribution in [0, 0.1) is 5.92 Å². The maximum Gasteiger partial charge on any atom is 0.498 e. The molecule has 1 aromatic rings. The molecule has 1 saturated heterocycles. The van der Waals surface area contributed by atoms with Crippen LogP contribution >= 0.6 is 0 Å². The zero-order valence-electron chi connectivity index (χ0n) is 11.8. The van der Waals surface area contributed by atoms with E-state index in [-0.39, 0.29) is 23.0 Å². The maximum absolute atomic E-state index is 11.9. The van der Waals surface area contributed by atoms with E-state index in [1.54, 1.807) is 12.4 Å². The molecule has 1 saturated carbocycles. The van der Waals surface area contributed by atoms with Crippen LogP contribution in [0.1, 0.15) is 45.3 Å². The molecule has 3 rings (SSSR count). The number of rotatable bonds is 2. The van der Waals surface area contributed by atoms with Gasteiger partial charge >= 0.3 is 7.12 Å². The largest absolute Gasteiger partial charge is 0.498 e. The van der Waals surface area contributed by atoms with Gasteiger partial charge in [0.15, 0.2) is 0 Å². The van der Waals surface area contributed by atoms with Crippen molar-refractivity contribution >= 4 is 18.5 Å². The molecule has 0 atom stereocenters. The highest BCUT2D eigenvalue weighted by molar-refractivity contribution is 6.62. The van der Waals surface area contributed by atoms with Gasteiger partial charge in [-0.15, -0.1) is 0 Å². The van der Waals surface area contributed by atoms with Crippen LogP contribution < -0.4 is 5.46 Å². The van der Waals surface area contributed by atoms with Crippen molar-refractivity contribution in [3.8, 4) is 0 Å². The van der Waals surface area contributed by atoms with Crippen LogP contribution in [-0.4, -0.2) is 34.0 Å². The van der Waals surface area contributed by atoms with Crippen LogP contribution in [0.5, 0.6) is 0 Å². The third kappa shape index (κ3) is 2.13. The monoisotopic (exact) mass is 262 g/mol. The van der Waals surface area contributed by atoms with Gasteiger partial charge in [-0.1, -0.05) is 0 Å². The van der Waals surface area contributed by atoms with Gasteiger partial charge in [0, 0.05) is 23.8 Å². The number of hydrogen-bond acceptors (Lipinski definition) is 4. The predicted octanol–water partition coefficient (Wildman–Crippen LogP) is 1.23. The molecule has 19 heavy (non-hydrogen) atoms. The highest BCUT2D eigenvalue weighted by atomic mass is 16.7. The second-order valence-corrected chi connectivity index (χ2v) is 6.42. The van der Waals surface area contributed by atoms with Crippen LogP contribution in [0.25, 0.3) is 0 Å². The minimum atomic E-state index is -0.453. The predicted molar refractivity (Wildman–Crippen MR) is 71.3 cm³/mol. The number of carbonyl (C=O) groups excluding carboxylic acids is 1. The molecule has 5 nitrogen and oxygen atoms in total. The van der Waals surface area contributed by atoms with Gasteiger partial charge in [-0.3, -0.25) is 4.79 Å². The highest BCUT2D eigenvalue weighted by Crippen LogP contribution is 2.36. The number of nitrogens with zero attached hydrogens (tertiary/aromatic N) is 2. The van der Waals surface area contributed by atoms with Crippen LogP contribution in [0.3, 0.4) is 0 Å². The van der Waals surface area contributed by atoms with Gasteiger partial charge in [0.2, 0.25) is 5.91 Å². The molecule has 1 aliphatic carbocycles. The molecule has 2 heterocycles. The van der Waals surface area contributed by atoms with Crippen molar-refractivity contribution in [1.82, 2.24) is 9.78 Å². The molecule has 0 spiro atoms. The Balaban J connectivity index is 1.79. The fourth-order valence-corrected chi connectivity index (χ4v) is 2.08. The van der Waals surface area contributed by atoms with Crippen molar-refractivity contribution in [3.05, 3.63) is 12.4 Å². The summed E-state index contributed by atoms with van der Waals surface area (Å²) in [5, 5.41) is 4.12. The summed E-state index contributed by atoms with van der Waals surface area (Å²) >= 11 is 0. The van der Waals surface area contributed by atoms with E-state index in [9.17, 15) is 4.79 Å². The molecular formula is C13H19BN2O3. The standard InChI is InChI=1S/C13H19BN2O3/c1-12(2)13(3,4)19-14(18-12)10-7-15-16(8-10)11(17)9-5-6-9/h7-9H,5-6H2,1-4H3. The minimum Gasteiger partial charge on any atom is -0.399 e. The van der Waals surface area contributed by atoms with Crippen LogP contribution in [0.2, 0.25) is 0 Å². The van der Waals surface area contributed by atoms with E-state index < -0.39 is 7.12 Å². The molecule has 2 fully saturated rings. The average molecular weight is 262 g/mol. The lowest BCUT2D eigenvalue weighted by Crippen LogP contribution is -2.41. The Bertz CT molecular complexity index is 504. The molecule has 6 heteroatoms. The molecule has 0 amide bonds. The highest BCUT2D eigenvalue weighted by Gasteiger charge is 2.52. The summed E-state index contributed by atoms with van der Waals surface area (Å²) in [4.78, 5) is 11.9. The smallest absolute Gasteiger partial charge is 0.399 e. The molecular weight excluding hydrogens is 243 g/mol. The lowest BCUT2D eigenvalue weighted by Gasteiger charge is -2.32. The van der Waals surface area contributed by atoms with E-state index in [1.165, 1.54) is 4.68 Å². The van der Waals surface area contributed by atoms with Gasteiger partial charge in [-0.2, -0.15) is 5.10 Å². The summed E-state index contributed by atoms with van der Waals surface area (Å²) in [7, 11) is -0.453.